The average Bonchev–Trinajstić information content (AvgIpc) is 2.94. The first-order valence-corrected chi connectivity index (χ1v) is 7.11. The summed E-state index contributed by atoms with van der Waals surface area (Å²) < 4.78 is 1.75. The largest absolute Gasteiger partial charge is 0.337 e. The van der Waals surface area contributed by atoms with E-state index in [9.17, 15) is 4.79 Å². The standard InChI is InChI=1S/C14H22N4O/c1-9-6-13(16-17(9)2)14(19)18-7-10-4-3-5-12(15)11(10)8-18/h6,10-12H,3-5,7-8,15H2,1-2H3. The summed E-state index contributed by atoms with van der Waals surface area (Å²) in [6.07, 6.45) is 3.52. The molecule has 19 heavy (non-hydrogen) atoms. The third-order valence-corrected chi connectivity index (χ3v) is 4.77. The fourth-order valence-corrected chi connectivity index (χ4v) is 3.51. The van der Waals surface area contributed by atoms with Crippen LogP contribution in [0.5, 0.6) is 0 Å². The molecule has 5 heteroatoms. The van der Waals surface area contributed by atoms with E-state index >= 15 is 0 Å². The first kappa shape index (κ1) is 12.7. The van der Waals surface area contributed by atoms with Gasteiger partial charge in [-0.2, -0.15) is 5.10 Å². The fraction of sp³-hybridized carbons (Fsp3) is 0.714. The van der Waals surface area contributed by atoms with Gasteiger partial charge in [0.2, 0.25) is 0 Å². The van der Waals surface area contributed by atoms with Crippen molar-refractivity contribution in [1.82, 2.24) is 14.7 Å². The highest BCUT2D eigenvalue weighted by Gasteiger charge is 2.40. The van der Waals surface area contributed by atoms with E-state index in [0.29, 0.717) is 17.5 Å². The Balaban J connectivity index is 1.75. The number of nitrogens with two attached hydrogens (primary N) is 1. The number of carbonyl (C=O) groups excluding carboxylic acids is 1. The van der Waals surface area contributed by atoms with Crippen LogP contribution in [0.1, 0.15) is 35.4 Å². The Hall–Kier alpha value is -1.36. The smallest absolute Gasteiger partial charge is 0.274 e. The summed E-state index contributed by atoms with van der Waals surface area (Å²) in [6.45, 7) is 3.62. The van der Waals surface area contributed by atoms with Crippen molar-refractivity contribution in [3.05, 3.63) is 17.5 Å². The average molecular weight is 262 g/mol. The van der Waals surface area contributed by atoms with E-state index in [-0.39, 0.29) is 11.9 Å². The third kappa shape index (κ3) is 2.16. The van der Waals surface area contributed by atoms with Crippen molar-refractivity contribution in [1.29, 1.82) is 0 Å². The summed E-state index contributed by atoms with van der Waals surface area (Å²) in [7, 11) is 1.87. The van der Waals surface area contributed by atoms with E-state index < -0.39 is 0 Å². The number of aromatic nitrogens is 2. The summed E-state index contributed by atoms with van der Waals surface area (Å²) in [5.41, 5.74) is 7.76. The van der Waals surface area contributed by atoms with E-state index in [0.717, 1.165) is 25.2 Å². The monoisotopic (exact) mass is 262 g/mol. The van der Waals surface area contributed by atoms with Gasteiger partial charge in [-0.15, -0.1) is 0 Å². The lowest BCUT2D eigenvalue weighted by atomic mass is 9.78. The minimum absolute atomic E-state index is 0.0605. The number of aryl methyl sites for hydroxylation is 2. The molecule has 1 saturated carbocycles. The predicted molar refractivity (Wildman–Crippen MR) is 72.7 cm³/mol. The van der Waals surface area contributed by atoms with Crippen molar-refractivity contribution in [2.75, 3.05) is 13.1 Å². The summed E-state index contributed by atoms with van der Waals surface area (Å²) in [5, 5.41) is 4.29. The van der Waals surface area contributed by atoms with Crippen LogP contribution in [0.3, 0.4) is 0 Å². The Bertz CT molecular complexity index is 476. The van der Waals surface area contributed by atoms with Gasteiger partial charge in [-0.1, -0.05) is 6.42 Å². The van der Waals surface area contributed by atoms with E-state index in [1.54, 1.807) is 4.68 Å². The number of likely N-dealkylation sites (tertiary alicyclic amines) is 1. The Morgan fingerprint density at radius 1 is 1.42 bits per heavy atom. The van der Waals surface area contributed by atoms with Crippen LogP contribution in [0.15, 0.2) is 6.07 Å². The molecule has 1 saturated heterocycles. The van der Waals surface area contributed by atoms with Crippen molar-refractivity contribution < 1.29 is 4.79 Å². The maximum Gasteiger partial charge on any atom is 0.274 e. The maximum absolute atomic E-state index is 12.5. The molecule has 104 valence electrons. The van der Waals surface area contributed by atoms with Crippen LogP contribution in [0, 0.1) is 18.8 Å². The lowest BCUT2D eigenvalue weighted by Crippen LogP contribution is -2.38. The minimum atomic E-state index is 0.0605. The van der Waals surface area contributed by atoms with Crippen molar-refractivity contribution in [3.8, 4) is 0 Å². The zero-order chi connectivity index (χ0) is 13.6. The third-order valence-electron chi connectivity index (χ3n) is 4.77. The highest BCUT2D eigenvalue weighted by atomic mass is 16.2. The zero-order valence-corrected chi connectivity index (χ0v) is 11.7. The number of rotatable bonds is 1. The Labute approximate surface area is 113 Å². The summed E-state index contributed by atoms with van der Waals surface area (Å²) >= 11 is 0. The molecule has 2 N–H and O–H groups in total. The molecule has 3 rings (SSSR count). The molecule has 1 aliphatic heterocycles. The normalized spacial score (nSPS) is 30.5. The Morgan fingerprint density at radius 2 is 2.21 bits per heavy atom. The molecule has 0 radical (unpaired) electrons. The molecular formula is C14H22N4O. The molecule has 0 bridgehead atoms. The van der Waals surface area contributed by atoms with Gasteiger partial charge in [0.25, 0.3) is 5.91 Å². The fourth-order valence-electron chi connectivity index (χ4n) is 3.51. The molecule has 0 spiro atoms. The van der Waals surface area contributed by atoms with Gasteiger partial charge in [0.15, 0.2) is 5.69 Å². The molecular weight excluding hydrogens is 240 g/mol. The van der Waals surface area contributed by atoms with Crippen LogP contribution in [-0.4, -0.2) is 39.7 Å². The van der Waals surface area contributed by atoms with Gasteiger partial charge in [-0.3, -0.25) is 9.48 Å². The summed E-state index contributed by atoms with van der Waals surface area (Å²) in [4.78, 5) is 14.4. The molecule has 1 amide bonds. The number of hydrogen-bond donors (Lipinski definition) is 1. The summed E-state index contributed by atoms with van der Waals surface area (Å²) in [6, 6.07) is 2.13. The van der Waals surface area contributed by atoms with Crippen molar-refractivity contribution in [3.63, 3.8) is 0 Å². The van der Waals surface area contributed by atoms with Gasteiger partial charge in [0, 0.05) is 31.9 Å². The van der Waals surface area contributed by atoms with Gasteiger partial charge in [0.05, 0.1) is 0 Å². The van der Waals surface area contributed by atoms with Crippen LogP contribution in [-0.2, 0) is 7.05 Å². The lowest BCUT2D eigenvalue weighted by molar-refractivity contribution is 0.0777. The van der Waals surface area contributed by atoms with Gasteiger partial charge in [0.1, 0.15) is 0 Å². The second-order valence-electron chi connectivity index (χ2n) is 6.02. The van der Waals surface area contributed by atoms with Crippen molar-refractivity contribution >= 4 is 5.91 Å². The van der Waals surface area contributed by atoms with E-state index in [4.69, 9.17) is 5.73 Å². The number of nitrogens with zero attached hydrogens (tertiary/aromatic N) is 3. The van der Waals surface area contributed by atoms with Crippen molar-refractivity contribution in [2.45, 2.75) is 32.2 Å². The van der Waals surface area contributed by atoms with Gasteiger partial charge in [-0.25, -0.2) is 0 Å². The predicted octanol–water partition coefficient (Wildman–Crippen LogP) is 0.928. The van der Waals surface area contributed by atoms with Gasteiger partial charge in [-0.05, 0) is 37.7 Å². The Kier molecular flexibility index (Phi) is 3.09. The van der Waals surface area contributed by atoms with E-state index in [2.05, 4.69) is 5.10 Å². The van der Waals surface area contributed by atoms with Gasteiger partial charge >= 0.3 is 0 Å². The molecule has 3 atom stereocenters. The number of hydrogen-bond acceptors (Lipinski definition) is 3. The highest BCUT2D eigenvalue weighted by molar-refractivity contribution is 5.92. The summed E-state index contributed by atoms with van der Waals surface area (Å²) in [5.74, 6) is 1.14. The molecule has 1 aliphatic carbocycles. The lowest BCUT2D eigenvalue weighted by Gasteiger charge is -2.29. The number of amides is 1. The topological polar surface area (TPSA) is 64.2 Å². The molecule has 2 aliphatic rings. The Morgan fingerprint density at radius 3 is 2.84 bits per heavy atom. The molecule has 1 aromatic rings. The molecule has 3 unspecified atom stereocenters. The van der Waals surface area contributed by atoms with Crippen LogP contribution in [0.2, 0.25) is 0 Å². The highest BCUT2D eigenvalue weighted by Crippen LogP contribution is 2.35. The van der Waals surface area contributed by atoms with Crippen LogP contribution < -0.4 is 5.73 Å². The molecule has 0 aromatic carbocycles. The number of carbonyl (C=O) groups is 1. The van der Waals surface area contributed by atoms with E-state index in [1.807, 2.05) is 24.9 Å². The molecule has 2 heterocycles. The molecule has 5 nitrogen and oxygen atoms in total. The molecule has 1 aromatic heterocycles. The first-order chi connectivity index (χ1) is 9.06. The zero-order valence-electron chi connectivity index (χ0n) is 11.7. The van der Waals surface area contributed by atoms with Gasteiger partial charge < -0.3 is 10.6 Å². The maximum atomic E-state index is 12.5. The molecule has 2 fully saturated rings. The van der Waals surface area contributed by atoms with Crippen LogP contribution in [0.25, 0.3) is 0 Å². The van der Waals surface area contributed by atoms with E-state index in [1.165, 1.54) is 12.8 Å². The quantitative estimate of drug-likeness (QED) is 0.819. The second-order valence-corrected chi connectivity index (χ2v) is 6.02. The van der Waals surface area contributed by atoms with Crippen LogP contribution >= 0.6 is 0 Å². The minimum Gasteiger partial charge on any atom is -0.337 e. The second kappa shape index (κ2) is 4.63. The first-order valence-electron chi connectivity index (χ1n) is 7.11. The van der Waals surface area contributed by atoms with Crippen molar-refractivity contribution in [2.24, 2.45) is 24.6 Å². The van der Waals surface area contributed by atoms with Crippen LogP contribution in [0.4, 0.5) is 0 Å². The number of fused-ring (bicyclic) bond motifs is 1. The SMILES string of the molecule is Cc1cc(C(=O)N2CC3CCCC(N)C3C2)nn1C.